The summed E-state index contributed by atoms with van der Waals surface area (Å²) in [5.41, 5.74) is -1.09. The normalized spacial score (nSPS) is 18.5. The van der Waals surface area contributed by atoms with Crippen LogP contribution in [0.15, 0.2) is 35.6 Å². The Morgan fingerprint density at radius 1 is 1.28 bits per heavy atom. The minimum Gasteiger partial charge on any atom is -0.511 e. The molecule has 0 radical (unpaired) electrons. The van der Waals surface area contributed by atoms with Crippen molar-refractivity contribution in [2.45, 2.75) is 38.9 Å². The van der Waals surface area contributed by atoms with Gasteiger partial charge in [0.1, 0.15) is 5.76 Å². The summed E-state index contributed by atoms with van der Waals surface area (Å²) >= 11 is 0. The van der Waals surface area contributed by atoms with Crippen LogP contribution in [0.2, 0.25) is 0 Å². The van der Waals surface area contributed by atoms with Crippen molar-refractivity contribution < 1.29 is 32.6 Å². The van der Waals surface area contributed by atoms with Crippen molar-refractivity contribution in [1.82, 2.24) is 0 Å². The molecule has 136 valence electrons. The van der Waals surface area contributed by atoms with E-state index < -0.39 is 35.2 Å². The van der Waals surface area contributed by atoms with Crippen LogP contribution in [-0.2, 0) is 20.5 Å². The molecule has 1 aliphatic rings. The molecule has 0 aliphatic carbocycles. The van der Waals surface area contributed by atoms with Gasteiger partial charge in [-0.25, -0.2) is 4.79 Å². The van der Waals surface area contributed by atoms with Crippen LogP contribution in [0, 0.1) is 0 Å². The molecule has 0 aromatic heterocycles. The van der Waals surface area contributed by atoms with Crippen LogP contribution in [-0.4, -0.2) is 29.6 Å². The first kappa shape index (κ1) is 18.8. The third-order valence-corrected chi connectivity index (χ3v) is 3.94. The Morgan fingerprint density at radius 3 is 2.36 bits per heavy atom. The molecule has 0 spiro atoms. The summed E-state index contributed by atoms with van der Waals surface area (Å²) < 4.78 is 42.9. The first-order valence-electron chi connectivity index (χ1n) is 7.80. The SMILES string of the molecule is CCOC(=O)C1=C(O)CC(CC)N(c2ccc(C(F)(F)F)cc2)C1=O. The molecule has 1 amide bonds. The Labute approximate surface area is 142 Å². The van der Waals surface area contributed by atoms with E-state index in [4.69, 9.17) is 4.74 Å². The van der Waals surface area contributed by atoms with Gasteiger partial charge >= 0.3 is 12.1 Å². The fourth-order valence-corrected chi connectivity index (χ4v) is 2.70. The summed E-state index contributed by atoms with van der Waals surface area (Å²) in [6.45, 7) is 3.36. The van der Waals surface area contributed by atoms with Crippen molar-refractivity contribution in [2.75, 3.05) is 11.5 Å². The lowest BCUT2D eigenvalue weighted by Crippen LogP contribution is -2.46. The van der Waals surface area contributed by atoms with E-state index in [1.54, 1.807) is 13.8 Å². The topological polar surface area (TPSA) is 66.8 Å². The zero-order chi connectivity index (χ0) is 18.8. The number of hydrogen-bond acceptors (Lipinski definition) is 4. The lowest BCUT2D eigenvalue weighted by atomic mass is 9.96. The highest BCUT2D eigenvalue weighted by atomic mass is 19.4. The number of benzene rings is 1. The molecule has 0 fully saturated rings. The molecule has 2 rings (SSSR count). The van der Waals surface area contributed by atoms with Crippen molar-refractivity contribution in [2.24, 2.45) is 0 Å². The number of aliphatic hydroxyl groups excluding tert-OH is 1. The number of ether oxygens (including phenoxy) is 1. The lowest BCUT2D eigenvalue weighted by Gasteiger charge is -2.35. The highest BCUT2D eigenvalue weighted by Crippen LogP contribution is 2.34. The van der Waals surface area contributed by atoms with Crippen molar-refractivity contribution in [1.29, 1.82) is 0 Å². The average molecular weight is 357 g/mol. The number of carbonyl (C=O) groups excluding carboxylic acids is 2. The molecular weight excluding hydrogens is 339 g/mol. The van der Waals surface area contributed by atoms with Gasteiger partial charge in [-0.3, -0.25) is 4.79 Å². The van der Waals surface area contributed by atoms with Gasteiger partial charge in [0.15, 0.2) is 5.57 Å². The summed E-state index contributed by atoms with van der Waals surface area (Å²) in [6.07, 6.45) is -4.01. The highest BCUT2D eigenvalue weighted by molar-refractivity contribution is 6.23. The molecule has 0 saturated carbocycles. The van der Waals surface area contributed by atoms with Crippen LogP contribution >= 0.6 is 0 Å². The zero-order valence-electron chi connectivity index (χ0n) is 13.8. The molecule has 1 aliphatic heterocycles. The molecule has 0 bridgehead atoms. The van der Waals surface area contributed by atoms with E-state index in [9.17, 15) is 27.9 Å². The molecule has 5 nitrogen and oxygen atoms in total. The minimum atomic E-state index is -4.48. The Morgan fingerprint density at radius 2 is 1.88 bits per heavy atom. The third kappa shape index (κ3) is 3.78. The number of aliphatic hydroxyl groups is 1. The molecule has 1 atom stereocenters. The second kappa shape index (κ2) is 7.16. The van der Waals surface area contributed by atoms with Crippen LogP contribution in [0.3, 0.4) is 0 Å². The van der Waals surface area contributed by atoms with Gasteiger partial charge in [-0.2, -0.15) is 13.2 Å². The van der Waals surface area contributed by atoms with E-state index in [1.165, 1.54) is 17.0 Å². The summed E-state index contributed by atoms with van der Waals surface area (Å²) in [5.74, 6) is -2.09. The minimum absolute atomic E-state index is 0.0252. The smallest absolute Gasteiger partial charge is 0.416 e. The maximum Gasteiger partial charge on any atom is 0.416 e. The Hall–Kier alpha value is -2.51. The molecular formula is C17H18F3NO4. The summed E-state index contributed by atoms with van der Waals surface area (Å²) in [7, 11) is 0. The van der Waals surface area contributed by atoms with E-state index in [0.717, 1.165) is 12.1 Å². The number of nitrogens with zero attached hydrogens (tertiary/aromatic N) is 1. The van der Waals surface area contributed by atoms with Crippen LogP contribution in [0.25, 0.3) is 0 Å². The van der Waals surface area contributed by atoms with Gasteiger partial charge in [0.2, 0.25) is 0 Å². The van der Waals surface area contributed by atoms with Gasteiger partial charge in [-0.05, 0) is 37.6 Å². The van der Waals surface area contributed by atoms with E-state index >= 15 is 0 Å². The van der Waals surface area contributed by atoms with E-state index in [1.807, 2.05) is 0 Å². The maximum absolute atomic E-state index is 12.7. The second-order valence-electron chi connectivity index (χ2n) is 5.53. The maximum atomic E-state index is 12.7. The van der Waals surface area contributed by atoms with Crippen LogP contribution in [0.4, 0.5) is 18.9 Å². The lowest BCUT2D eigenvalue weighted by molar-refractivity contribution is -0.140. The average Bonchev–Trinajstić information content (AvgIpc) is 2.54. The largest absolute Gasteiger partial charge is 0.511 e. The molecule has 1 aromatic rings. The van der Waals surface area contributed by atoms with Crippen molar-refractivity contribution >= 4 is 17.6 Å². The predicted molar refractivity (Wildman–Crippen MR) is 83.9 cm³/mol. The zero-order valence-corrected chi connectivity index (χ0v) is 13.8. The quantitative estimate of drug-likeness (QED) is 0.661. The molecule has 0 saturated heterocycles. The van der Waals surface area contributed by atoms with Crippen molar-refractivity contribution in [3.8, 4) is 0 Å². The van der Waals surface area contributed by atoms with E-state index in [0.29, 0.717) is 6.42 Å². The van der Waals surface area contributed by atoms with Gasteiger partial charge < -0.3 is 14.7 Å². The van der Waals surface area contributed by atoms with Gasteiger partial charge in [-0.1, -0.05) is 6.92 Å². The molecule has 1 heterocycles. The summed E-state index contributed by atoms with van der Waals surface area (Å²) in [4.78, 5) is 25.9. The molecule has 1 unspecified atom stereocenters. The van der Waals surface area contributed by atoms with Crippen LogP contribution in [0.5, 0.6) is 0 Å². The second-order valence-corrected chi connectivity index (χ2v) is 5.53. The number of anilines is 1. The standard InChI is InChI=1S/C17H18F3NO4/c1-3-11-9-13(22)14(16(24)25-4-2)15(23)21(11)12-7-5-10(6-8-12)17(18,19)20/h5-8,11,22H,3-4,9H2,1-2H3. The number of hydrogen-bond donors (Lipinski definition) is 1. The first-order chi connectivity index (χ1) is 11.7. The first-order valence-corrected chi connectivity index (χ1v) is 7.80. The Kier molecular flexibility index (Phi) is 5.39. The van der Waals surface area contributed by atoms with E-state index in [-0.39, 0.29) is 24.5 Å². The number of alkyl halides is 3. The molecule has 1 aromatic carbocycles. The van der Waals surface area contributed by atoms with Gasteiger partial charge in [0.25, 0.3) is 5.91 Å². The predicted octanol–water partition coefficient (Wildman–Crippen LogP) is 3.60. The number of esters is 1. The van der Waals surface area contributed by atoms with E-state index in [2.05, 4.69) is 0 Å². The van der Waals surface area contributed by atoms with Crippen LogP contribution in [0.1, 0.15) is 32.3 Å². The van der Waals surface area contributed by atoms with Crippen molar-refractivity contribution in [3.63, 3.8) is 0 Å². The number of rotatable bonds is 4. The highest BCUT2D eigenvalue weighted by Gasteiger charge is 2.39. The molecule has 8 heteroatoms. The Balaban J connectivity index is 2.41. The third-order valence-electron chi connectivity index (χ3n) is 3.94. The van der Waals surface area contributed by atoms with Gasteiger partial charge in [-0.15, -0.1) is 0 Å². The summed E-state index contributed by atoms with van der Waals surface area (Å²) in [6, 6.07) is 3.63. The summed E-state index contributed by atoms with van der Waals surface area (Å²) in [5, 5.41) is 10.0. The van der Waals surface area contributed by atoms with Crippen molar-refractivity contribution in [3.05, 3.63) is 41.2 Å². The number of halogens is 3. The van der Waals surface area contributed by atoms with Crippen LogP contribution < -0.4 is 4.90 Å². The molecule has 25 heavy (non-hydrogen) atoms. The monoisotopic (exact) mass is 357 g/mol. The van der Waals surface area contributed by atoms with Gasteiger partial charge in [0, 0.05) is 18.2 Å². The molecule has 1 N–H and O–H groups in total. The fraction of sp³-hybridized carbons (Fsp3) is 0.412. The number of carbonyl (C=O) groups is 2. The van der Waals surface area contributed by atoms with Gasteiger partial charge in [0.05, 0.1) is 12.2 Å². The Bertz CT molecular complexity index is 695. The number of amides is 1. The fourth-order valence-electron chi connectivity index (χ4n) is 2.70.